The van der Waals surface area contributed by atoms with Gasteiger partial charge in [-0.3, -0.25) is 14.9 Å². The van der Waals surface area contributed by atoms with Crippen LogP contribution in [0.3, 0.4) is 0 Å². The monoisotopic (exact) mass is 345 g/mol. The third kappa shape index (κ3) is 3.10. The van der Waals surface area contributed by atoms with Crippen LogP contribution < -0.4 is 10.5 Å². The second-order valence-electron chi connectivity index (χ2n) is 5.76. The zero-order valence-corrected chi connectivity index (χ0v) is 13.5. The number of non-ortho nitro benzene ring substituents is 1. The van der Waals surface area contributed by atoms with Crippen molar-refractivity contribution >= 4 is 17.3 Å². The molecule has 0 unspecified atom stereocenters. The molecule has 1 amide bonds. The van der Waals surface area contributed by atoms with Gasteiger partial charge in [-0.25, -0.2) is 4.39 Å². The molecule has 130 valence electrons. The molecular weight excluding hydrogens is 329 g/mol. The highest BCUT2D eigenvalue weighted by atomic mass is 19.1. The fraction of sp³-hybridized carbons (Fsp3) is 0.235. The lowest BCUT2D eigenvalue weighted by Crippen LogP contribution is -2.36. The van der Waals surface area contributed by atoms with Crippen molar-refractivity contribution in [1.82, 2.24) is 4.90 Å². The molecule has 8 heteroatoms. The van der Waals surface area contributed by atoms with Crippen molar-refractivity contribution in [2.45, 2.75) is 13.0 Å². The third-order valence-electron chi connectivity index (χ3n) is 4.25. The smallest absolute Gasteiger partial charge is 0.270 e. The lowest BCUT2D eigenvalue weighted by atomic mass is 9.98. The van der Waals surface area contributed by atoms with Crippen LogP contribution in [-0.2, 0) is 13.0 Å². The summed E-state index contributed by atoms with van der Waals surface area (Å²) in [6.45, 7) is 0.611. The molecule has 0 bridgehead atoms. The molecule has 2 aromatic carbocycles. The summed E-state index contributed by atoms with van der Waals surface area (Å²) in [4.78, 5) is 24.6. The number of nitrogen functional groups attached to an aromatic ring is 1. The molecular formula is C17H16FN3O4. The van der Waals surface area contributed by atoms with E-state index in [1.165, 1.54) is 36.3 Å². The third-order valence-corrected chi connectivity index (χ3v) is 4.25. The van der Waals surface area contributed by atoms with Crippen LogP contribution in [-0.4, -0.2) is 29.4 Å². The molecule has 1 heterocycles. The van der Waals surface area contributed by atoms with Gasteiger partial charge >= 0.3 is 0 Å². The fourth-order valence-corrected chi connectivity index (χ4v) is 2.90. The van der Waals surface area contributed by atoms with Crippen molar-refractivity contribution in [2.24, 2.45) is 0 Å². The Bertz CT molecular complexity index is 869. The van der Waals surface area contributed by atoms with E-state index in [2.05, 4.69) is 0 Å². The van der Waals surface area contributed by atoms with Crippen LogP contribution in [0, 0.1) is 15.9 Å². The maximum atomic E-state index is 13.9. The minimum atomic E-state index is -0.580. The number of hydrogen-bond donors (Lipinski definition) is 1. The topological polar surface area (TPSA) is 98.7 Å². The van der Waals surface area contributed by atoms with Crippen LogP contribution in [0.1, 0.15) is 21.5 Å². The van der Waals surface area contributed by atoms with Gasteiger partial charge in [0.2, 0.25) is 0 Å². The zero-order valence-electron chi connectivity index (χ0n) is 13.5. The number of rotatable bonds is 3. The fourth-order valence-electron chi connectivity index (χ4n) is 2.90. The van der Waals surface area contributed by atoms with E-state index >= 15 is 0 Å². The number of nitro benzene ring substituents is 1. The summed E-state index contributed by atoms with van der Waals surface area (Å²) < 4.78 is 18.9. The summed E-state index contributed by atoms with van der Waals surface area (Å²) in [6.07, 6.45) is 0.534. The number of ether oxygens (including phenoxy) is 1. The number of carbonyl (C=O) groups is 1. The Hall–Kier alpha value is -3.16. The van der Waals surface area contributed by atoms with E-state index in [1.807, 2.05) is 0 Å². The lowest BCUT2D eigenvalue weighted by Gasteiger charge is -2.29. The Balaban J connectivity index is 1.89. The Morgan fingerprint density at radius 1 is 1.32 bits per heavy atom. The number of hydrogen-bond acceptors (Lipinski definition) is 5. The zero-order chi connectivity index (χ0) is 18.1. The molecule has 2 N–H and O–H groups in total. The highest BCUT2D eigenvalue weighted by Crippen LogP contribution is 2.29. The molecule has 2 aromatic rings. The second kappa shape index (κ2) is 6.39. The van der Waals surface area contributed by atoms with Crippen molar-refractivity contribution in [3.05, 3.63) is 63.0 Å². The minimum Gasteiger partial charge on any atom is -0.494 e. The van der Waals surface area contributed by atoms with Crippen LogP contribution in [0.5, 0.6) is 5.75 Å². The maximum absolute atomic E-state index is 13.9. The molecule has 0 spiro atoms. The molecule has 1 aliphatic heterocycles. The van der Waals surface area contributed by atoms with Crippen molar-refractivity contribution in [3.63, 3.8) is 0 Å². The SMILES string of the molecule is COc1cc2c(cc1F)CN(C(=O)c1cc([N+](=O)[O-])ccc1N)CC2. The molecule has 0 aliphatic carbocycles. The van der Waals surface area contributed by atoms with Gasteiger partial charge in [0.05, 0.1) is 17.6 Å². The summed E-state index contributed by atoms with van der Waals surface area (Å²) in [5, 5.41) is 10.9. The number of halogens is 1. The molecule has 0 radical (unpaired) electrons. The molecule has 0 atom stereocenters. The molecule has 7 nitrogen and oxygen atoms in total. The quantitative estimate of drug-likeness (QED) is 0.523. The van der Waals surface area contributed by atoms with E-state index < -0.39 is 16.6 Å². The van der Waals surface area contributed by atoms with E-state index in [0.717, 1.165) is 5.56 Å². The summed E-state index contributed by atoms with van der Waals surface area (Å²) >= 11 is 0. The number of amides is 1. The predicted octanol–water partition coefficient (Wildman–Crippen LogP) is 2.52. The molecule has 3 rings (SSSR count). The summed E-state index contributed by atoms with van der Waals surface area (Å²) in [7, 11) is 1.40. The average molecular weight is 345 g/mol. The van der Waals surface area contributed by atoms with Crippen LogP contribution in [0.25, 0.3) is 0 Å². The molecule has 0 saturated heterocycles. The van der Waals surface area contributed by atoms with Gasteiger partial charge in [-0.2, -0.15) is 0 Å². The average Bonchev–Trinajstić information content (AvgIpc) is 2.60. The van der Waals surface area contributed by atoms with Gasteiger partial charge in [0.25, 0.3) is 11.6 Å². The first-order valence-electron chi connectivity index (χ1n) is 7.59. The normalized spacial score (nSPS) is 13.3. The highest BCUT2D eigenvalue weighted by Gasteiger charge is 2.26. The summed E-state index contributed by atoms with van der Waals surface area (Å²) in [5.41, 5.74) is 7.44. The van der Waals surface area contributed by atoms with E-state index in [1.54, 1.807) is 6.07 Å². The van der Waals surface area contributed by atoms with Crippen molar-refractivity contribution < 1.29 is 18.8 Å². The summed E-state index contributed by atoms with van der Waals surface area (Å²) in [6, 6.07) is 6.74. The standard InChI is InChI=1S/C17H16FN3O4/c1-25-16-7-10-4-5-20(9-11(10)6-14(16)18)17(22)13-8-12(21(23)24)2-3-15(13)19/h2-3,6-8H,4-5,9,19H2,1H3. The molecule has 25 heavy (non-hydrogen) atoms. The second-order valence-corrected chi connectivity index (χ2v) is 5.76. The molecule has 0 fully saturated rings. The summed E-state index contributed by atoms with van der Waals surface area (Å²) in [5.74, 6) is -0.741. The van der Waals surface area contributed by atoms with Crippen molar-refractivity contribution in [3.8, 4) is 5.75 Å². The number of methoxy groups -OCH3 is 1. The van der Waals surface area contributed by atoms with Gasteiger partial charge in [-0.15, -0.1) is 0 Å². The van der Waals surface area contributed by atoms with Gasteiger partial charge < -0.3 is 15.4 Å². The Kier molecular flexibility index (Phi) is 4.26. The number of fused-ring (bicyclic) bond motifs is 1. The van der Waals surface area contributed by atoms with Gasteiger partial charge in [-0.05, 0) is 35.7 Å². The van der Waals surface area contributed by atoms with E-state index in [4.69, 9.17) is 10.5 Å². The first kappa shape index (κ1) is 16.7. The van der Waals surface area contributed by atoms with Crippen molar-refractivity contribution in [2.75, 3.05) is 19.4 Å². The van der Waals surface area contributed by atoms with Gasteiger partial charge in [0.1, 0.15) is 0 Å². The number of carbonyl (C=O) groups excluding carboxylic acids is 1. The van der Waals surface area contributed by atoms with E-state index in [9.17, 15) is 19.3 Å². The number of nitrogens with zero attached hydrogens (tertiary/aromatic N) is 2. The number of nitrogens with two attached hydrogens (primary N) is 1. The van der Waals surface area contributed by atoms with Crippen LogP contribution in [0.15, 0.2) is 30.3 Å². The molecule has 0 aromatic heterocycles. The lowest BCUT2D eigenvalue weighted by molar-refractivity contribution is -0.384. The van der Waals surface area contributed by atoms with Gasteiger partial charge in [-0.1, -0.05) is 0 Å². The van der Waals surface area contributed by atoms with Crippen LogP contribution >= 0.6 is 0 Å². The predicted molar refractivity (Wildman–Crippen MR) is 88.9 cm³/mol. The number of benzene rings is 2. The van der Waals surface area contributed by atoms with Crippen LogP contribution in [0.4, 0.5) is 15.8 Å². The first-order chi connectivity index (χ1) is 11.9. The Labute approximate surface area is 143 Å². The van der Waals surface area contributed by atoms with Crippen molar-refractivity contribution in [1.29, 1.82) is 0 Å². The van der Waals surface area contributed by atoms with Crippen LogP contribution in [0.2, 0.25) is 0 Å². The maximum Gasteiger partial charge on any atom is 0.270 e. The highest BCUT2D eigenvalue weighted by molar-refractivity contribution is 5.99. The largest absolute Gasteiger partial charge is 0.494 e. The van der Waals surface area contributed by atoms with Gasteiger partial charge in [0.15, 0.2) is 11.6 Å². The molecule has 0 saturated carbocycles. The first-order valence-corrected chi connectivity index (χ1v) is 7.59. The number of nitro groups is 1. The Morgan fingerprint density at radius 2 is 2.08 bits per heavy atom. The van der Waals surface area contributed by atoms with E-state index in [0.29, 0.717) is 18.5 Å². The van der Waals surface area contributed by atoms with Gasteiger partial charge in [0, 0.05) is 30.9 Å². The molecule has 1 aliphatic rings. The minimum absolute atomic E-state index is 0.0756. The Morgan fingerprint density at radius 3 is 2.76 bits per heavy atom. The number of anilines is 1. The van der Waals surface area contributed by atoms with E-state index in [-0.39, 0.29) is 29.2 Å².